The van der Waals surface area contributed by atoms with E-state index in [1.807, 2.05) is 0 Å². The molecule has 1 unspecified atom stereocenters. The number of β-amino-alcohol motifs (C(OH)–C–C–N with tert-alkyl or cyclic N) is 1. The molecule has 0 aromatic heterocycles. The van der Waals surface area contributed by atoms with E-state index in [9.17, 15) is 5.11 Å². The number of rotatable bonds is 4. The third-order valence-electron chi connectivity index (χ3n) is 2.63. The molecule has 0 aromatic rings. The van der Waals surface area contributed by atoms with Crippen molar-refractivity contribution in [2.45, 2.75) is 25.9 Å². The molecule has 3 nitrogen and oxygen atoms in total. The van der Waals surface area contributed by atoms with Crippen LogP contribution in [0.2, 0.25) is 0 Å². The maximum Gasteiger partial charge on any atom is 0.0909 e. The fraction of sp³-hybridized carbons (Fsp3) is 1.00. The minimum atomic E-state index is -0.466. The average molecular weight is 172 g/mol. The molecule has 1 saturated heterocycles. The van der Waals surface area contributed by atoms with Crippen LogP contribution in [0.15, 0.2) is 0 Å². The summed E-state index contributed by atoms with van der Waals surface area (Å²) < 4.78 is 0. The van der Waals surface area contributed by atoms with Crippen LogP contribution in [0.1, 0.15) is 20.3 Å². The Hall–Kier alpha value is -0.120. The van der Waals surface area contributed by atoms with Crippen molar-refractivity contribution in [2.75, 3.05) is 32.7 Å². The summed E-state index contributed by atoms with van der Waals surface area (Å²) in [5.74, 6) is 0. The predicted molar refractivity (Wildman–Crippen MR) is 50.2 cm³/mol. The van der Waals surface area contributed by atoms with E-state index in [0.29, 0.717) is 0 Å². The number of likely N-dealkylation sites (N-methyl/N-ethyl adjacent to an activating group) is 1. The van der Waals surface area contributed by atoms with Crippen LogP contribution in [0.5, 0.6) is 0 Å². The minimum Gasteiger partial charge on any atom is -0.387 e. The lowest BCUT2D eigenvalue weighted by atomic mass is 10.0. The lowest BCUT2D eigenvalue weighted by Crippen LogP contribution is -2.44. The molecule has 0 saturated carbocycles. The van der Waals surface area contributed by atoms with E-state index in [4.69, 9.17) is 0 Å². The van der Waals surface area contributed by atoms with Gasteiger partial charge in [0, 0.05) is 13.1 Å². The van der Waals surface area contributed by atoms with Gasteiger partial charge in [0.2, 0.25) is 0 Å². The summed E-state index contributed by atoms with van der Waals surface area (Å²) in [6.07, 6.45) is 0.892. The summed E-state index contributed by atoms with van der Waals surface area (Å²) in [6, 6.07) is 0. The smallest absolute Gasteiger partial charge is 0.0909 e. The Morgan fingerprint density at radius 3 is 2.50 bits per heavy atom. The van der Waals surface area contributed by atoms with Gasteiger partial charge in [-0.05, 0) is 26.1 Å². The Labute approximate surface area is 74.8 Å². The van der Waals surface area contributed by atoms with Crippen molar-refractivity contribution in [3.05, 3.63) is 0 Å². The van der Waals surface area contributed by atoms with Crippen molar-refractivity contribution in [2.24, 2.45) is 0 Å². The molecule has 0 amide bonds. The Bertz CT molecular complexity index is 128. The first kappa shape index (κ1) is 9.96. The van der Waals surface area contributed by atoms with Gasteiger partial charge in [0.05, 0.1) is 5.60 Å². The number of nitrogens with one attached hydrogen (secondary N) is 1. The summed E-state index contributed by atoms with van der Waals surface area (Å²) in [4.78, 5) is 2.27. The molecule has 1 fully saturated rings. The molecule has 0 spiro atoms. The van der Waals surface area contributed by atoms with E-state index >= 15 is 0 Å². The second kappa shape index (κ2) is 4.21. The molecule has 3 heteroatoms. The standard InChI is InChI=1S/C9H20N2O/c1-3-11(4-2)8-9(12)5-6-10-7-9/h10,12H,3-8H2,1-2H3. The number of aliphatic hydroxyl groups is 1. The van der Waals surface area contributed by atoms with E-state index in [1.54, 1.807) is 0 Å². The normalized spacial score (nSPS) is 30.0. The van der Waals surface area contributed by atoms with E-state index in [1.165, 1.54) is 0 Å². The van der Waals surface area contributed by atoms with Crippen molar-refractivity contribution < 1.29 is 5.11 Å². The highest BCUT2D eigenvalue weighted by molar-refractivity contribution is 4.90. The fourth-order valence-corrected chi connectivity index (χ4v) is 1.73. The van der Waals surface area contributed by atoms with Crippen molar-refractivity contribution in [3.8, 4) is 0 Å². The van der Waals surface area contributed by atoms with Crippen LogP contribution in [0.3, 0.4) is 0 Å². The van der Waals surface area contributed by atoms with Crippen molar-refractivity contribution in [1.29, 1.82) is 0 Å². The molecule has 0 aliphatic carbocycles. The van der Waals surface area contributed by atoms with Gasteiger partial charge in [0.1, 0.15) is 0 Å². The van der Waals surface area contributed by atoms with E-state index in [-0.39, 0.29) is 0 Å². The van der Waals surface area contributed by atoms with Crippen LogP contribution >= 0.6 is 0 Å². The highest BCUT2D eigenvalue weighted by Gasteiger charge is 2.32. The van der Waals surface area contributed by atoms with Crippen LogP contribution in [0.25, 0.3) is 0 Å². The molecule has 1 rings (SSSR count). The lowest BCUT2D eigenvalue weighted by molar-refractivity contribution is 0.0238. The second-order valence-electron chi connectivity index (χ2n) is 3.61. The largest absolute Gasteiger partial charge is 0.387 e. The zero-order chi connectivity index (χ0) is 9.03. The molecule has 1 heterocycles. The first-order valence-corrected chi connectivity index (χ1v) is 4.85. The summed E-state index contributed by atoms with van der Waals surface area (Å²) in [6.45, 7) is 8.84. The van der Waals surface area contributed by atoms with Gasteiger partial charge in [0.15, 0.2) is 0 Å². The maximum absolute atomic E-state index is 10.0. The van der Waals surface area contributed by atoms with Gasteiger partial charge in [0.25, 0.3) is 0 Å². The van der Waals surface area contributed by atoms with Crippen molar-refractivity contribution >= 4 is 0 Å². The van der Waals surface area contributed by atoms with Crippen LogP contribution in [0.4, 0.5) is 0 Å². The SMILES string of the molecule is CCN(CC)CC1(O)CCNC1. The van der Waals surface area contributed by atoms with Gasteiger partial charge in [-0.1, -0.05) is 13.8 Å². The molecular weight excluding hydrogens is 152 g/mol. The lowest BCUT2D eigenvalue weighted by Gasteiger charge is -2.28. The van der Waals surface area contributed by atoms with Crippen LogP contribution in [-0.4, -0.2) is 48.3 Å². The summed E-state index contributed by atoms with van der Waals surface area (Å²) in [5, 5.41) is 13.2. The van der Waals surface area contributed by atoms with Gasteiger partial charge < -0.3 is 15.3 Å². The first-order chi connectivity index (χ1) is 5.70. The second-order valence-corrected chi connectivity index (χ2v) is 3.61. The molecule has 12 heavy (non-hydrogen) atoms. The molecule has 72 valence electrons. The molecular formula is C9H20N2O. The highest BCUT2D eigenvalue weighted by atomic mass is 16.3. The van der Waals surface area contributed by atoms with Gasteiger partial charge in [-0.25, -0.2) is 0 Å². The third-order valence-corrected chi connectivity index (χ3v) is 2.63. The summed E-state index contributed by atoms with van der Waals surface area (Å²) in [5.41, 5.74) is -0.466. The molecule has 1 atom stereocenters. The molecule has 1 aliphatic rings. The zero-order valence-electron chi connectivity index (χ0n) is 8.14. The van der Waals surface area contributed by atoms with Crippen LogP contribution < -0.4 is 5.32 Å². The van der Waals surface area contributed by atoms with Gasteiger partial charge >= 0.3 is 0 Å². The predicted octanol–water partition coefficient (Wildman–Crippen LogP) is 0.0526. The first-order valence-electron chi connectivity index (χ1n) is 4.85. The van der Waals surface area contributed by atoms with Crippen LogP contribution in [0, 0.1) is 0 Å². The molecule has 2 N–H and O–H groups in total. The zero-order valence-corrected chi connectivity index (χ0v) is 8.14. The Morgan fingerprint density at radius 1 is 1.42 bits per heavy atom. The highest BCUT2D eigenvalue weighted by Crippen LogP contribution is 2.15. The van der Waals surface area contributed by atoms with E-state index in [2.05, 4.69) is 24.1 Å². The molecule has 1 aliphatic heterocycles. The Kier molecular flexibility index (Phi) is 3.50. The average Bonchev–Trinajstić information content (AvgIpc) is 2.48. The number of hydrogen-bond acceptors (Lipinski definition) is 3. The van der Waals surface area contributed by atoms with Crippen molar-refractivity contribution in [1.82, 2.24) is 10.2 Å². The molecule has 0 radical (unpaired) electrons. The fourth-order valence-electron chi connectivity index (χ4n) is 1.73. The Balaban J connectivity index is 2.36. The third kappa shape index (κ3) is 2.44. The molecule has 0 bridgehead atoms. The monoisotopic (exact) mass is 172 g/mol. The Morgan fingerprint density at radius 2 is 2.08 bits per heavy atom. The quantitative estimate of drug-likeness (QED) is 0.629. The minimum absolute atomic E-state index is 0.466. The number of nitrogens with zero attached hydrogens (tertiary/aromatic N) is 1. The summed E-state index contributed by atoms with van der Waals surface area (Å²) in [7, 11) is 0. The van der Waals surface area contributed by atoms with E-state index in [0.717, 1.165) is 39.1 Å². The van der Waals surface area contributed by atoms with Gasteiger partial charge in [-0.3, -0.25) is 0 Å². The topological polar surface area (TPSA) is 35.5 Å². The van der Waals surface area contributed by atoms with Gasteiger partial charge in [-0.2, -0.15) is 0 Å². The van der Waals surface area contributed by atoms with E-state index < -0.39 is 5.60 Å². The summed E-state index contributed by atoms with van der Waals surface area (Å²) >= 11 is 0. The van der Waals surface area contributed by atoms with Crippen molar-refractivity contribution in [3.63, 3.8) is 0 Å². The van der Waals surface area contributed by atoms with Crippen LogP contribution in [-0.2, 0) is 0 Å². The number of hydrogen-bond donors (Lipinski definition) is 2. The van der Waals surface area contributed by atoms with Gasteiger partial charge in [-0.15, -0.1) is 0 Å². The molecule has 0 aromatic carbocycles. The maximum atomic E-state index is 10.0.